The first kappa shape index (κ1) is 14.5. The van der Waals surface area contributed by atoms with Gasteiger partial charge in [0, 0.05) is 25.3 Å². The topological polar surface area (TPSA) is 21.1 Å². The molecule has 0 spiro atoms. The first-order valence-electron chi connectivity index (χ1n) is 7.68. The first-order valence-corrected chi connectivity index (χ1v) is 8.22. The van der Waals surface area contributed by atoms with Gasteiger partial charge in [0.2, 0.25) is 0 Å². The lowest BCUT2D eigenvalue weighted by atomic mass is 10.1. The lowest BCUT2D eigenvalue weighted by Gasteiger charge is -2.28. The average Bonchev–Trinajstić information content (AvgIpc) is 2.89. The van der Waals surface area contributed by atoms with Gasteiger partial charge in [0.25, 0.3) is 0 Å². The number of imidazole rings is 1. The Labute approximate surface area is 131 Å². The molecule has 1 fully saturated rings. The molecule has 0 radical (unpaired) electrons. The van der Waals surface area contributed by atoms with Crippen LogP contribution in [0.25, 0.3) is 0 Å². The normalized spacial score (nSPS) is 15.4. The fourth-order valence-corrected chi connectivity index (χ4v) is 3.33. The molecule has 21 heavy (non-hydrogen) atoms. The second kappa shape index (κ2) is 6.52. The Balaban J connectivity index is 1.71. The van der Waals surface area contributed by atoms with E-state index in [1.54, 1.807) is 0 Å². The molecule has 2 heterocycles. The molecule has 4 heteroatoms. The Morgan fingerprint density at radius 1 is 1.10 bits per heavy atom. The fourth-order valence-electron chi connectivity index (χ4n) is 2.98. The predicted molar refractivity (Wildman–Crippen MR) is 88.1 cm³/mol. The van der Waals surface area contributed by atoms with Crippen LogP contribution >= 0.6 is 11.6 Å². The van der Waals surface area contributed by atoms with Crippen molar-refractivity contribution in [3.8, 4) is 0 Å². The van der Waals surface area contributed by atoms with Crippen LogP contribution in [0.5, 0.6) is 0 Å². The van der Waals surface area contributed by atoms with Crippen LogP contribution in [0.15, 0.2) is 30.6 Å². The number of anilines is 1. The van der Waals surface area contributed by atoms with Crippen LogP contribution in [0.4, 0.5) is 5.69 Å². The van der Waals surface area contributed by atoms with Crippen LogP contribution in [0.3, 0.4) is 0 Å². The summed E-state index contributed by atoms with van der Waals surface area (Å²) in [5.41, 5.74) is 4.77. The number of halogens is 1. The van der Waals surface area contributed by atoms with Crippen molar-refractivity contribution in [3.63, 3.8) is 0 Å². The summed E-state index contributed by atoms with van der Waals surface area (Å²) >= 11 is 6.00. The standard InChI is InChI=1S/C17H22ClN3/c1-14-17(11-18)21(13-19-14)12-15-5-7-16(8-6-15)20-9-3-2-4-10-20/h5-8,13H,2-4,9-12H2,1H3. The highest BCUT2D eigenvalue weighted by Gasteiger charge is 2.11. The molecule has 1 aromatic heterocycles. The molecule has 0 unspecified atom stereocenters. The number of alkyl halides is 1. The Morgan fingerprint density at radius 3 is 2.48 bits per heavy atom. The summed E-state index contributed by atoms with van der Waals surface area (Å²) in [5.74, 6) is 0.512. The molecule has 0 N–H and O–H groups in total. The summed E-state index contributed by atoms with van der Waals surface area (Å²) in [4.78, 5) is 6.83. The van der Waals surface area contributed by atoms with Gasteiger partial charge in [0.05, 0.1) is 23.6 Å². The van der Waals surface area contributed by atoms with Crippen LogP contribution in [-0.4, -0.2) is 22.6 Å². The number of benzene rings is 1. The third-order valence-electron chi connectivity index (χ3n) is 4.29. The quantitative estimate of drug-likeness (QED) is 0.797. The van der Waals surface area contributed by atoms with Crippen LogP contribution in [0, 0.1) is 6.92 Å². The van der Waals surface area contributed by atoms with Gasteiger partial charge in [-0.05, 0) is 43.9 Å². The number of rotatable bonds is 4. The zero-order valence-electron chi connectivity index (χ0n) is 12.6. The highest BCUT2D eigenvalue weighted by Crippen LogP contribution is 2.21. The van der Waals surface area contributed by atoms with E-state index in [2.05, 4.69) is 38.7 Å². The molecular weight excluding hydrogens is 282 g/mol. The van der Waals surface area contributed by atoms with E-state index in [4.69, 9.17) is 11.6 Å². The van der Waals surface area contributed by atoms with Crippen molar-refractivity contribution < 1.29 is 0 Å². The maximum absolute atomic E-state index is 6.00. The summed E-state index contributed by atoms with van der Waals surface area (Å²) in [6.45, 7) is 5.23. The zero-order valence-corrected chi connectivity index (χ0v) is 13.3. The predicted octanol–water partition coefficient (Wildman–Crippen LogP) is 3.97. The molecule has 0 saturated carbocycles. The van der Waals surface area contributed by atoms with E-state index in [9.17, 15) is 0 Å². The molecule has 0 aliphatic carbocycles. The molecular formula is C17H22ClN3. The van der Waals surface area contributed by atoms with E-state index < -0.39 is 0 Å². The summed E-state index contributed by atoms with van der Waals surface area (Å²) in [5, 5.41) is 0. The highest BCUT2D eigenvalue weighted by molar-refractivity contribution is 6.17. The van der Waals surface area contributed by atoms with E-state index in [-0.39, 0.29) is 0 Å². The maximum atomic E-state index is 6.00. The minimum absolute atomic E-state index is 0.512. The molecule has 1 aliphatic heterocycles. The van der Waals surface area contributed by atoms with Crippen LogP contribution < -0.4 is 4.90 Å². The summed E-state index contributed by atoms with van der Waals surface area (Å²) in [6, 6.07) is 8.92. The Hall–Kier alpha value is -1.48. The molecule has 3 nitrogen and oxygen atoms in total. The second-order valence-corrected chi connectivity index (χ2v) is 6.02. The number of aromatic nitrogens is 2. The molecule has 3 rings (SSSR count). The van der Waals surface area contributed by atoms with Crippen molar-refractivity contribution in [2.45, 2.75) is 38.6 Å². The van der Waals surface area contributed by atoms with E-state index in [1.165, 1.54) is 43.6 Å². The van der Waals surface area contributed by atoms with Gasteiger partial charge >= 0.3 is 0 Å². The van der Waals surface area contributed by atoms with E-state index in [1.807, 2.05) is 13.3 Å². The van der Waals surface area contributed by atoms with Crippen molar-refractivity contribution >= 4 is 17.3 Å². The molecule has 1 aliphatic rings. The molecule has 2 aromatic rings. The summed E-state index contributed by atoms with van der Waals surface area (Å²) in [7, 11) is 0. The summed E-state index contributed by atoms with van der Waals surface area (Å²) < 4.78 is 2.14. The summed E-state index contributed by atoms with van der Waals surface area (Å²) in [6.07, 6.45) is 5.88. The average molecular weight is 304 g/mol. The molecule has 0 atom stereocenters. The maximum Gasteiger partial charge on any atom is 0.0955 e. The smallest absolute Gasteiger partial charge is 0.0955 e. The minimum atomic E-state index is 0.512. The van der Waals surface area contributed by atoms with Gasteiger partial charge < -0.3 is 9.47 Å². The van der Waals surface area contributed by atoms with Crippen molar-refractivity contribution in [1.29, 1.82) is 0 Å². The SMILES string of the molecule is Cc1ncn(Cc2ccc(N3CCCCC3)cc2)c1CCl. The molecule has 0 bridgehead atoms. The Bertz CT molecular complexity index is 583. The monoisotopic (exact) mass is 303 g/mol. The van der Waals surface area contributed by atoms with E-state index >= 15 is 0 Å². The Kier molecular flexibility index (Phi) is 4.49. The third kappa shape index (κ3) is 3.24. The van der Waals surface area contributed by atoms with E-state index in [0.29, 0.717) is 5.88 Å². The minimum Gasteiger partial charge on any atom is -0.372 e. The zero-order chi connectivity index (χ0) is 14.7. The molecule has 1 saturated heterocycles. The lowest BCUT2D eigenvalue weighted by Crippen LogP contribution is -2.29. The van der Waals surface area contributed by atoms with Crippen LogP contribution in [0.2, 0.25) is 0 Å². The number of aryl methyl sites for hydroxylation is 1. The molecule has 112 valence electrons. The van der Waals surface area contributed by atoms with Gasteiger partial charge in [-0.2, -0.15) is 0 Å². The van der Waals surface area contributed by atoms with Crippen LogP contribution in [-0.2, 0) is 12.4 Å². The second-order valence-electron chi connectivity index (χ2n) is 5.75. The van der Waals surface area contributed by atoms with Crippen molar-refractivity contribution in [3.05, 3.63) is 47.5 Å². The number of piperidine rings is 1. The molecule has 0 amide bonds. The van der Waals surface area contributed by atoms with E-state index in [0.717, 1.165) is 17.9 Å². The number of hydrogen-bond donors (Lipinski definition) is 0. The van der Waals surface area contributed by atoms with Crippen molar-refractivity contribution in [2.75, 3.05) is 18.0 Å². The molecule has 1 aromatic carbocycles. The van der Waals surface area contributed by atoms with Gasteiger partial charge in [-0.1, -0.05) is 12.1 Å². The number of hydrogen-bond acceptors (Lipinski definition) is 2. The van der Waals surface area contributed by atoms with Gasteiger partial charge in [-0.25, -0.2) is 4.98 Å². The highest BCUT2D eigenvalue weighted by atomic mass is 35.5. The number of nitrogens with zero attached hydrogens (tertiary/aromatic N) is 3. The lowest BCUT2D eigenvalue weighted by molar-refractivity contribution is 0.578. The van der Waals surface area contributed by atoms with Gasteiger partial charge in [-0.3, -0.25) is 0 Å². The fraction of sp³-hybridized carbons (Fsp3) is 0.471. The van der Waals surface area contributed by atoms with Crippen LogP contribution in [0.1, 0.15) is 36.2 Å². The van der Waals surface area contributed by atoms with Crippen molar-refractivity contribution in [2.24, 2.45) is 0 Å². The van der Waals surface area contributed by atoms with Gasteiger partial charge in [0.15, 0.2) is 0 Å². The third-order valence-corrected chi connectivity index (χ3v) is 4.55. The van der Waals surface area contributed by atoms with Crippen molar-refractivity contribution in [1.82, 2.24) is 9.55 Å². The largest absolute Gasteiger partial charge is 0.372 e. The van der Waals surface area contributed by atoms with Gasteiger partial charge in [0.1, 0.15) is 0 Å². The van der Waals surface area contributed by atoms with Gasteiger partial charge in [-0.15, -0.1) is 11.6 Å². The Morgan fingerprint density at radius 2 is 1.81 bits per heavy atom. The first-order chi connectivity index (χ1) is 10.3.